The van der Waals surface area contributed by atoms with Crippen molar-refractivity contribution in [1.82, 2.24) is 4.90 Å². The molecule has 3 rings (SSSR count). The van der Waals surface area contributed by atoms with E-state index in [4.69, 9.17) is 5.11 Å². The molecule has 1 heterocycles. The van der Waals surface area contributed by atoms with Crippen LogP contribution in [0.4, 0.5) is 11.4 Å². The number of piperazine rings is 1. The number of carboxylic acids is 1. The summed E-state index contributed by atoms with van der Waals surface area (Å²) in [6, 6.07) is 7.75. The molecule has 0 radical (unpaired) electrons. The average molecular weight is 375 g/mol. The van der Waals surface area contributed by atoms with Gasteiger partial charge in [-0.3, -0.25) is 14.5 Å². The highest BCUT2D eigenvalue weighted by Gasteiger charge is 2.35. The van der Waals surface area contributed by atoms with E-state index < -0.39 is 17.8 Å². The van der Waals surface area contributed by atoms with Crippen LogP contribution < -0.4 is 10.2 Å². The number of carbonyl (C=O) groups excluding carboxylic acids is 1. The minimum atomic E-state index is -0.870. The van der Waals surface area contributed by atoms with E-state index in [0.717, 1.165) is 51.3 Å². The third-order valence-electron chi connectivity index (χ3n) is 5.71. The molecule has 1 aromatic carbocycles. The molecule has 0 aromatic heterocycles. The number of benzene rings is 1. The van der Waals surface area contributed by atoms with Gasteiger partial charge in [-0.25, -0.2) is 0 Å². The van der Waals surface area contributed by atoms with Crippen LogP contribution in [-0.2, 0) is 9.59 Å². The van der Waals surface area contributed by atoms with Crippen LogP contribution in [0.5, 0.6) is 0 Å². The van der Waals surface area contributed by atoms with Crippen molar-refractivity contribution in [1.29, 1.82) is 0 Å². The molecule has 27 heavy (non-hydrogen) atoms. The predicted molar refractivity (Wildman–Crippen MR) is 104 cm³/mol. The Bertz CT molecular complexity index is 641. The summed E-state index contributed by atoms with van der Waals surface area (Å²) in [4.78, 5) is 28.5. The van der Waals surface area contributed by atoms with Crippen LogP contribution in [0, 0.1) is 11.8 Å². The molecular formula is C20H29N3O4. The molecule has 2 unspecified atom stereocenters. The van der Waals surface area contributed by atoms with E-state index in [0.29, 0.717) is 18.5 Å². The Balaban J connectivity index is 1.56. The maximum Gasteiger partial charge on any atom is 0.307 e. The lowest BCUT2D eigenvalue weighted by Crippen LogP contribution is -2.47. The van der Waals surface area contributed by atoms with E-state index in [1.807, 2.05) is 24.3 Å². The van der Waals surface area contributed by atoms with Gasteiger partial charge in [-0.2, -0.15) is 0 Å². The molecule has 1 saturated heterocycles. The fourth-order valence-corrected chi connectivity index (χ4v) is 4.10. The first-order valence-corrected chi connectivity index (χ1v) is 9.80. The van der Waals surface area contributed by atoms with Crippen LogP contribution in [0.25, 0.3) is 0 Å². The summed E-state index contributed by atoms with van der Waals surface area (Å²) in [6.07, 6.45) is 3.00. The van der Waals surface area contributed by atoms with Crippen LogP contribution in [-0.4, -0.2) is 66.3 Å². The number of rotatable bonds is 6. The maximum atomic E-state index is 12.6. The molecule has 1 aliphatic carbocycles. The number of carbonyl (C=O) groups is 2. The molecule has 2 atom stereocenters. The summed E-state index contributed by atoms with van der Waals surface area (Å²) in [5, 5.41) is 21.3. The molecule has 1 saturated carbocycles. The van der Waals surface area contributed by atoms with Crippen molar-refractivity contribution in [2.45, 2.75) is 25.7 Å². The number of hydrogen-bond donors (Lipinski definition) is 3. The quantitative estimate of drug-likeness (QED) is 0.700. The minimum absolute atomic E-state index is 0.188. The molecule has 1 aliphatic heterocycles. The first-order valence-electron chi connectivity index (χ1n) is 9.80. The van der Waals surface area contributed by atoms with E-state index in [1.165, 1.54) is 0 Å². The number of carboxylic acid groups (broad SMARTS) is 1. The topological polar surface area (TPSA) is 93.1 Å². The zero-order chi connectivity index (χ0) is 19.2. The largest absolute Gasteiger partial charge is 0.481 e. The van der Waals surface area contributed by atoms with Gasteiger partial charge in [0.05, 0.1) is 18.4 Å². The zero-order valence-corrected chi connectivity index (χ0v) is 15.6. The molecule has 7 heteroatoms. The van der Waals surface area contributed by atoms with Crippen LogP contribution in [0.1, 0.15) is 25.7 Å². The number of β-amino-alcohol motifs (C(OH)–C–C–N with tert-alkyl or cyclic N) is 1. The van der Waals surface area contributed by atoms with Crippen molar-refractivity contribution in [3.8, 4) is 0 Å². The van der Waals surface area contributed by atoms with Gasteiger partial charge >= 0.3 is 5.97 Å². The highest BCUT2D eigenvalue weighted by Crippen LogP contribution is 2.31. The Morgan fingerprint density at radius 3 is 2.22 bits per heavy atom. The van der Waals surface area contributed by atoms with Gasteiger partial charge in [0, 0.05) is 44.1 Å². The Kier molecular flexibility index (Phi) is 6.68. The molecule has 148 valence electrons. The monoisotopic (exact) mass is 375 g/mol. The van der Waals surface area contributed by atoms with E-state index in [9.17, 15) is 14.7 Å². The lowest BCUT2D eigenvalue weighted by Gasteiger charge is -2.35. The van der Waals surface area contributed by atoms with Crippen LogP contribution in [0.3, 0.4) is 0 Å². The fourth-order valence-electron chi connectivity index (χ4n) is 4.10. The van der Waals surface area contributed by atoms with Crippen LogP contribution >= 0.6 is 0 Å². The van der Waals surface area contributed by atoms with Gasteiger partial charge < -0.3 is 20.4 Å². The Morgan fingerprint density at radius 1 is 1.00 bits per heavy atom. The van der Waals surface area contributed by atoms with Crippen LogP contribution in [0.2, 0.25) is 0 Å². The summed E-state index contributed by atoms with van der Waals surface area (Å²) in [5.74, 6) is -2.08. The van der Waals surface area contributed by atoms with Crippen molar-refractivity contribution in [2.75, 3.05) is 49.5 Å². The summed E-state index contributed by atoms with van der Waals surface area (Å²) < 4.78 is 0. The minimum Gasteiger partial charge on any atom is -0.481 e. The molecule has 7 nitrogen and oxygen atoms in total. The van der Waals surface area contributed by atoms with Gasteiger partial charge in [-0.1, -0.05) is 12.8 Å². The number of hydrogen-bond acceptors (Lipinski definition) is 5. The molecule has 0 spiro atoms. The van der Waals surface area contributed by atoms with Crippen molar-refractivity contribution in [3.05, 3.63) is 24.3 Å². The average Bonchev–Trinajstić information content (AvgIpc) is 2.69. The third-order valence-corrected chi connectivity index (χ3v) is 5.71. The Morgan fingerprint density at radius 2 is 1.63 bits per heavy atom. The molecule has 2 aliphatic rings. The SMILES string of the molecule is O=C(O)C1CCCCC1C(=O)Nc1ccc(N2CCN(CCO)CC2)cc1. The van der Waals surface area contributed by atoms with Gasteiger partial charge in [0.25, 0.3) is 0 Å². The molecule has 3 N–H and O–H groups in total. The highest BCUT2D eigenvalue weighted by atomic mass is 16.4. The predicted octanol–water partition coefficient (Wildman–Crippen LogP) is 1.63. The highest BCUT2D eigenvalue weighted by molar-refractivity contribution is 5.95. The molecule has 0 bridgehead atoms. The molecule has 2 fully saturated rings. The van der Waals surface area contributed by atoms with E-state index >= 15 is 0 Å². The number of amides is 1. The van der Waals surface area contributed by atoms with Crippen molar-refractivity contribution < 1.29 is 19.8 Å². The normalized spacial score (nSPS) is 23.8. The standard InChI is InChI=1S/C20H29N3O4/c24-14-13-22-9-11-23(12-10-22)16-7-5-15(6-8-16)21-19(25)17-3-1-2-4-18(17)20(26)27/h5-8,17-18,24H,1-4,9-14H2,(H,21,25)(H,26,27). The molecule has 1 aromatic rings. The summed E-state index contributed by atoms with van der Waals surface area (Å²) in [7, 11) is 0. The van der Waals surface area contributed by atoms with Crippen molar-refractivity contribution in [3.63, 3.8) is 0 Å². The summed E-state index contributed by atoms with van der Waals surface area (Å²) >= 11 is 0. The second-order valence-corrected chi connectivity index (χ2v) is 7.42. The van der Waals surface area contributed by atoms with Crippen LogP contribution in [0.15, 0.2) is 24.3 Å². The Hall–Kier alpha value is -2.12. The van der Waals surface area contributed by atoms with Gasteiger partial charge in [0.1, 0.15) is 0 Å². The molecule has 1 amide bonds. The third kappa shape index (κ3) is 4.99. The van der Waals surface area contributed by atoms with Gasteiger partial charge in [-0.15, -0.1) is 0 Å². The zero-order valence-electron chi connectivity index (χ0n) is 15.6. The number of aliphatic hydroxyl groups is 1. The summed E-state index contributed by atoms with van der Waals surface area (Å²) in [6.45, 7) is 4.59. The van der Waals surface area contributed by atoms with E-state index in [1.54, 1.807) is 0 Å². The van der Waals surface area contributed by atoms with E-state index in [-0.39, 0.29) is 12.5 Å². The second kappa shape index (κ2) is 9.19. The number of anilines is 2. The number of aliphatic hydroxyl groups excluding tert-OH is 1. The van der Waals surface area contributed by atoms with Crippen molar-refractivity contribution in [2.24, 2.45) is 11.8 Å². The second-order valence-electron chi connectivity index (χ2n) is 7.42. The Labute approximate surface area is 160 Å². The van der Waals surface area contributed by atoms with Gasteiger partial charge in [0.15, 0.2) is 0 Å². The van der Waals surface area contributed by atoms with Gasteiger partial charge in [0.2, 0.25) is 5.91 Å². The van der Waals surface area contributed by atoms with E-state index in [2.05, 4.69) is 15.1 Å². The number of nitrogens with zero attached hydrogens (tertiary/aromatic N) is 2. The first-order chi connectivity index (χ1) is 13.1. The smallest absolute Gasteiger partial charge is 0.307 e. The maximum absolute atomic E-state index is 12.6. The lowest BCUT2D eigenvalue weighted by atomic mass is 9.78. The van der Waals surface area contributed by atoms with Gasteiger partial charge in [-0.05, 0) is 37.1 Å². The number of aliphatic carboxylic acids is 1. The summed E-state index contributed by atoms with van der Waals surface area (Å²) in [5.41, 5.74) is 1.81. The lowest BCUT2D eigenvalue weighted by molar-refractivity contribution is -0.147. The first kappa shape index (κ1) is 19.6. The molecular weight excluding hydrogens is 346 g/mol. The fraction of sp³-hybridized carbons (Fsp3) is 0.600. The van der Waals surface area contributed by atoms with Crippen molar-refractivity contribution >= 4 is 23.3 Å². The number of nitrogens with one attached hydrogen (secondary N) is 1.